The Kier molecular flexibility index (Phi) is 5.12. The van der Waals surface area contributed by atoms with Crippen LogP contribution in [0.3, 0.4) is 0 Å². The van der Waals surface area contributed by atoms with Crippen molar-refractivity contribution in [1.82, 2.24) is 20.3 Å². The van der Waals surface area contributed by atoms with E-state index in [1.54, 1.807) is 0 Å². The van der Waals surface area contributed by atoms with Crippen molar-refractivity contribution >= 4 is 22.8 Å². The molecule has 3 heterocycles. The van der Waals surface area contributed by atoms with E-state index in [0.29, 0.717) is 25.6 Å². The number of nitrogens with one attached hydrogen (secondary N) is 1. The molecule has 0 spiro atoms. The second-order valence-corrected chi connectivity index (χ2v) is 6.63. The van der Waals surface area contributed by atoms with Crippen LogP contribution in [0.15, 0.2) is 28.9 Å². The summed E-state index contributed by atoms with van der Waals surface area (Å²) < 4.78 is 10.3. The monoisotopic (exact) mass is 370 g/mol. The highest BCUT2D eigenvalue weighted by Crippen LogP contribution is 2.27. The topological polar surface area (TPSA) is 109 Å². The summed E-state index contributed by atoms with van der Waals surface area (Å²) in [5.74, 6) is 1.60. The normalized spacial score (nSPS) is 16.7. The van der Waals surface area contributed by atoms with Crippen LogP contribution in [0.5, 0.6) is 0 Å². The van der Waals surface area contributed by atoms with Gasteiger partial charge < -0.3 is 20.1 Å². The third kappa shape index (κ3) is 3.99. The molecular formula is C18H22N6O3. The van der Waals surface area contributed by atoms with Gasteiger partial charge in [-0.05, 0) is 34.4 Å². The number of fused-ring (bicyclic) bond motifs is 1. The predicted octanol–water partition coefficient (Wildman–Crippen LogP) is 1.56. The van der Waals surface area contributed by atoms with Gasteiger partial charge in [-0.3, -0.25) is 0 Å². The summed E-state index contributed by atoms with van der Waals surface area (Å²) >= 11 is 0. The van der Waals surface area contributed by atoms with Crippen molar-refractivity contribution in [2.75, 3.05) is 43.6 Å². The van der Waals surface area contributed by atoms with Crippen LogP contribution in [0.2, 0.25) is 0 Å². The molecule has 2 aromatic heterocycles. The Bertz CT molecular complexity index is 909. The molecule has 0 amide bonds. The van der Waals surface area contributed by atoms with Crippen LogP contribution in [0.1, 0.15) is 23.6 Å². The van der Waals surface area contributed by atoms with Gasteiger partial charge in [-0.15, -0.1) is 0 Å². The molecule has 1 atom stereocenters. The number of ether oxygens (including phenoxy) is 1. The Labute approximate surface area is 156 Å². The number of aliphatic hydroxyl groups excluding tert-OH is 1. The van der Waals surface area contributed by atoms with Crippen LogP contribution in [0, 0.1) is 0 Å². The first-order valence-electron chi connectivity index (χ1n) is 8.97. The molecule has 0 unspecified atom stereocenters. The van der Waals surface area contributed by atoms with E-state index in [1.807, 2.05) is 31.3 Å². The lowest BCUT2D eigenvalue weighted by Crippen LogP contribution is -2.20. The van der Waals surface area contributed by atoms with E-state index in [1.165, 1.54) is 0 Å². The van der Waals surface area contributed by atoms with Gasteiger partial charge in [0.15, 0.2) is 0 Å². The van der Waals surface area contributed by atoms with E-state index in [0.717, 1.165) is 41.1 Å². The van der Waals surface area contributed by atoms with Gasteiger partial charge in [0.05, 0.1) is 18.9 Å². The summed E-state index contributed by atoms with van der Waals surface area (Å²) in [6, 6.07) is 7.87. The molecule has 2 N–H and O–H groups in total. The highest BCUT2D eigenvalue weighted by atomic mass is 16.6. The maximum Gasteiger partial charge on any atom is 0.224 e. The molecule has 142 valence electrons. The average Bonchev–Trinajstić information content (AvgIpc) is 3.37. The van der Waals surface area contributed by atoms with E-state index in [4.69, 9.17) is 14.5 Å². The van der Waals surface area contributed by atoms with Gasteiger partial charge in [0.2, 0.25) is 5.95 Å². The third-order valence-corrected chi connectivity index (χ3v) is 4.60. The molecule has 27 heavy (non-hydrogen) atoms. The largest absolute Gasteiger partial charge is 0.395 e. The fraction of sp³-hybridized carbons (Fsp3) is 0.444. The first kappa shape index (κ1) is 17.6. The number of benzene rings is 1. The quantitative estimate of drug-likeness (QED) is 0.640. The summed E-state index contributed by atoms with van der Waals surface area (Å²) in [7, 11) is 1.98. The molecule has 1 fully saturated rings. The van der Waals surface area contributed by atoms with Gasteiger partial charge in [0.1, 0.15) is 16.9 Å². The highest BCUT2D eigenvalue weighted by molar-refractivity contribution is 5.73. The minimum absolute atomic E-state index is 0.0249. The maximum absolute atomic E-state index is 9.08. The molecular weight excluding hydrogens is 348 g/mol. The van der Waals surface area contributed by atoms with Crippen molar-refractivity contribution in [2.45, 2.75) is 18.9 Å². The number of anilines is 2. The minimum atomic E-state index is 0.0249. The smallest absolute Gasteiger partial charge is 0.224 e. The molecule has 0 saturated carbocycles. The summed E-state index contributed by atoms with van der Waals surface area (Å²) in [6.07, 6.45) is 0.954. The minimum Gasteiger partial charge on any atom is -0.395 e. The summed E-state index contributed by atoms with van der Waals surface area (Å²) in [4.78, 5) is 11.3. The lowest BCUT2D eigenvalue weighted by Gasteiger charge is -2.21. The number of hydrogen-bond donors (Lipinski definition) is 2. The van der Waals surface area contributed by atoms with Gasteiger partial charge in [-0.25, -0.2) is 9.61 Å². The number of rotatable bonds is 7. The summed E-state index contributed by atoms with van der Waals surface area (Å²) in [5, 5.41) is 19.9. The zero-order chi connectivity index (χ0) is 18.6. The molecule has 0 radical (unpaired) electrons. The van der Waals surface area contributed by atoms with Crippen LogP contribution in [-0.2, 0) is 11.3 Å². The Morgan fingerprint density at radius 2 is 2.11 bits per heavy atom. The average molecular weight is 370 g/mol. The zero-order valence-corrected chi connectivity index (χ0v) is 15.1. The molecule has 1 aliphatic heterocycles. The standard InChI is InChI=1S/C18H22N6O3/c1-24(10-12-2-3-14-16(8-12)23-27-22-14)17-9-15(13-4-7-26-11-13)20-18(21-17)19-5-6-25/h2-3,8-9,13,25H,4-7,10-11H2,1H3,(H,19,20,21)/t13-/m0/s1. The summed E-state index contributed by atoms with van der Waals surface area (Å²) in [5.41, 5.74) is 3.51. The SMILES string of the molecule is CN(Cc1ccc2nonc2c1)c1cc([C@H]2CCOC2)nc(NCCO)n1. The molecule has 9 heteroatoms. The lowest BCUT2D eigenvalue weighted by atomic mass is 10.0. The van der Waals surface area contributed by atoms with E-state index in [2.05, 4.69) is 30.5 Å². The van der Waals surface area contributed by atoms with Crippen molar-refractivity contribution < 1.29 is 14.5 Å². The van der Waals surface area contributed by atoms with Gasteiger partial charge in [0, 0.05) is 38.7 Å². The van der Waals surface area contributed by atoms with Gasteiger partial charge in [0.25, 0.3) is 0 Å². The van der Waals surface area contributed by atoms with Crippen LogP contribution >= 0.6 is 0 Å². The molecule has 1 saturated heterocycles. The van der Waals surface area contributed by atoms with E-state index >= 15 is 0 Å². The second-order valence-electron chi connectivity index (χ2n) is 6.63. The second kappa shape index (κ2) is 7.85. The number of aromatic nitrogens is 4. The van der Waals surface area contributed by atoms with Crippen LogP contribution in [-0.4, -0.2) is 58.8 Å². The van der Waals surface area contributed by atoms with E-state index < -0.39 is 0 Å². The molecule has 0 aliphatic carbocycles. The van der Waals surface area contributed by atoms with Crippen molar-refractivity contribution in [1.29, 1.82) is 0 Å². The molecule has 0 bridgehead atoms. The van der Waals surface area contributed by atoms with Crippen molar-refractivity contribution in [3.05, 3.63) is 35.5 Å². The molecule has 4 rings (SSSR count). The predicted molar refractivity (Wildman–Crippen MR) is 99.7 cm³/mol. The number of nitrogens with zero attached hydrogens (tertiary/aromatic N) is 5. The number of aliphatic hydroxyl groups is 1. The zero-order valence-electron chi connectivity index (χ0n) is 15.1. The van der Waals surface area contributed by atoms with E-state index in [-0.39, 0.29) is 12.5 Å². The molecule has 1 aliphatic rings. The molecule has 9 nitrogen and oxygen atoms in total. The first-order valence-corrected chi connectivity index (χ1v) is 8.97. The van der Waals surface area contributed by atoms with Crippen molar-refractivity contribution in [2.24, 2.45) is 0 Å². The van der Waals surface area contributed by atoms with Crippen LogP contribution in [0.4, 0.5) is 11.8 Å². The Morgan fingerprint density at radius 1 is 1.22 bits per heavy atom. The van der Waals surface area contributed by atoms with Crippen LogP contribution < -0.4 is 10.2 Å². The van der Waals surface area contributed by atoms with Crippen molar-refractivity contribution in [3.63, 3.8) is 0 Å². The maximum atomic E-state index is 9.08. The number of hydrogen-bond acceptors (Lipinski definition) is 9. The van der Waals surface area contributed by atoms with E-state index in [9.17, 15) is 0 Å². The Balaban J connectivity index is 1.58. The Hall–Kier alpha value is -2.78. The third-order valence-electron chi connectivity index (χ3n) is 4.60. The first-order chi connectivity index (χ1) is 13.2. The molecule has 1 aromatic carbocycles. The molecule has 3 aromatic rings. The lowest BCUT2D eigenvalue weighted by molar-refractivity contribution is 0.193. The fourth-order valence-corrected chi connectivity index (χ4v) is 3.15. The highest BCUT2D eigenvalue weighted by Gasteiger charge is 2.21. The summed E-state index contributed by atoms with van der Waals surface area (Å²) in [6.45, 7) is 2.51. The fourth-order valence-electron chi connectivity index (χ4n) is 3.15. The Morgan fingerprint density at radius 3 is 2.93 bits per heavy atom. The van der Waals surface area contributed by atoms with Gasteiger partial charge in [-0.2, -0.15) is 4.98 Å². The van der Waals surface area contributed by atoms with Gasteiger partial charge >= 0.3 is 0 Å². The van der Waals surface area contributed by atoms with Gasteiger partial charge in [-0.1, -0.05) is 6.07 Å². The van der Waals surface area contributed by atoms with Crippen LogP contribution in [0.25, 0.3) is 11.0 Å². The van der Waals surface area contributed by atoms with Crippen molar-refractivity contribution in [3.8, 4) is 0 Å².